The molecule has 1 amide bonds. The smallest absolute Gasteiger partial charge is 0.324 e. The lowest BCUT2D eigenvalue weighted by molar-refractivity contribution is -0.137. The summed E-state index contributed by atoms with van der Waals surface area (Å²) in [6.07, 6.45) is 12.6. The molecule has 3 fully saturated rings. The van der Waals surface area contributed by atoms with Gasteiger partial charge in [0.15, 0.2) is 17.4 Å². The fraction of sp³-hybridized carbons (Fsp3) is 0.676. The van der Waals surface area contributed by atoms with Crippen molar-refractivity contribution in [3.8, 4) is 5.75 Å². The summed E-state index contributed by atoms with van der Waals surface area (Å²) in [6.45, 7) is 10.5. The van der Waals surface area contributed by atoms with Gasteiger partial charge in [-0.1, -0.05) is 37.6 Å². The Labute approximate surface area is 255 Å². The van der Waals surface area contributed by atoms with Crippen LogP contribution in [0, 0.1) is 17.7 Å². The van der Waals surface area contributed by atoms with Gasteiger partial charge in [-0.25, -0.2) is 4.39 Å². The number of amides is 1. The molecule has 6 rings (SSSR count). The highest BCUT2D eigenvalue weighted by atomic mass is 19.1. The van der Waals surface area contributed by atoms with Gasteiger partial charge in [-0.2, -0.15) is 4.98 Å². The summed E-state index contributed by atoms with van der Waals surface area (Å²) in [5.74, 6) is 1.67. The maximum absolute atomic E-state index is 15.1. The number of ether oxygens (including phenoxy) is 1. The lowest BCUT2D eigenvalue weighted by Crippen LogP contribution is -2.49. The van der Waals surface area contributed by atoms with Crippen LogP contribution in [0.25, 0.3) is 5.57 Å². The van der Waals surface area contributed by atoms with Crippen molar-refractivity contribution in [2.45, 2.75) is 90.0 Å². The summed E-state index contributed by atoms with van der Waals surface area (Å²) in [7, 11) is 0. The maximum Gasteiger partial charge on any atom is 0.324 e. The molecule has 1 aliphatic carbocycles. The zero-order chi connectivity index (χ0) is 29.8. The largest absolute Gasteiger partial charge is 0.490 e. The molecular weight excluding hydrogens is 545 g/mol. The van der Waals surface area contributed by atoms with Crippen molar-refractivity contribution in [2.75, 3.05) is 50.8 Å². The van der Waals surface area contributed by atoms with E-state index in [1.807, 2.05) is 6.07 Å². The van der Waals surface area contributed by atoms with Gasteiger partial charge in [0.1, 0.15) is 0 Å². The number of allylic oxidation sites excluding steroid dienone is 2. The summed E-state index contributed by atoms with van der Waals surface area (Å²) in [4.78, 5) is 24.7. The normalized spacial score (nSPS) is 23.1. The Morgan fingerprint density at radius 3 is 2.44 bits per heavy atom. The minimum absolute atomic E-state index is 0.0474. The first-order valence-corrected chi connectivity index (χ1v) is 16.7. The lowest BCUT2D eigenvalue weighted by Gasteiger charge is -2.41. The van der Waals surface area contributed by atoms with E-state index in [1.54, 1.807) is 12.1 Å². The van der Waals surface area contributed by atoms with Crippen LogP contribution in [-0.2, 0) is 4.79 Å². The Balaban J connectivity index is 0.946. The van der Waals surface area contributed by atoms with Crippen molar-refractivity contribution < 1.29 is 18.4 Å². The maximum atomic E-state index is 15.1. The van der Waals surface area contributed by atoms with E-state index >= 15 is 4.39 Å². The highest BCUT2D eigenvalue weighted by Gasteiger charge is 2.32. The first-order chi connectivity index (χ1) is 20.9. The van der Waals surface area contributed by atoms with Crippen molar-refractivity contribution in [2.24, 2.45) is 11.8 Å². The monoisotopic (exact) mass is 593 g/mol. The fourth-order valence-corrected chi connectivity index (χ4v) is 7.22. The van der Waals surface area contributed by atoms with Crippen LogP contribution in [0.2, 0.25) is 0 Å². The van der Waals surface area contributed by atoms with E-state index < -0.39 is 0 Å². The molecule has 0 N–H and O–H groups in total. The SMILES string of the molecule is CC(C)c1noc(N2CCC(COc3ccc(C4=CCC(C(=O)N5CCC(N6CCCCC6)CC5)CC4)cc3F)CC2)n1. The van der Waals surface area contributed by atoms with E-state index in [0.29, 0.717) is 36.2 Å². The number of likely N-dealkylation sites (tertiary alicyclic amines) is 2. The number of rotatable bonds is 8. The number of anilines is 1. The molecule has 43 heavy (non-hydrogen) atoms. The molecule has 0 saturated carbocycles. The molecule has 9 heteroatoms. The highest BCUT2D eigenvalue weighted by molar-refractivity contribution is 5.81. The van der Waals surface area contributed by atoms with Crippen LogP contribution in [0.3, 0.4) is 0 Å². The van der Waals surface area contributed by atoms with Crippen LogP contribution >= 0.6 is 0 Å². The number of piperidine rings is 3. The molecule has 1 atom stereocenters. The minimum atomic E-state index is -0.322. The fourth-order valence-electron chi connectivity index (χ4n) is 7.22. The van der Waals surface area contributed by atoms with E-state index in [9.17, 15) is 4.79 Å². The lowest BCUT2D eigenvalue weighted by atomic mass is 9.85. The second-order valence-electron chi connectivity index (χ2n) is 13.3. The first-order valence-electron chi connectivity index (χ1n) is 16.7. The third kappa shape index (κ3) is 7.24. The molecule has 1 aromatic heterocycles. The average Bonchev–Trinajstić information content (AvgIpc) is 3.56. The van der Waals surface area contributed by atoms with E-state index in [2.05, 4.69) is 44.8 Å². The number of carbonyl (C=O) groups excluding carboxylic acids is 1. The van der Waals surface area contributed by atoms with Crippen LogP contribution in [0.15, 0.2) is 28.8 Å². The first kappa shape index (κ1) is 30.1. The van der Waals surface area contributed by atoms with E-state index in [0.717, 1.165) is 88.1 Å². The Kier molecular flexibility index (Phi) is 9.65. The summed E-state index contributed by atoms with van der Waals surface area (Å²) >= 11 is 0. The van der Waals surface area contributed by atoms with E-state index in [4.69, 9.17) is 9.26 Å². The predicted octanol–water partition coefficient (Wildman–Crippen LogP) is 6.29. The van der Waals surface area contributed by atoms with Crippen molar-refractivity contribution in [3.05, 3.63) is 41.5 Å². The van der Waals surface area contributed by atoms with Gasteiger partial charge < -0.3 is 24.0 Å². The van der Waals surface area contributed by atoms with Gasteiger partial charge in [-0.15, -0.1) is 0 Å². The van der Waals surface area contributed by atoms with Gasteiger partial charge in [0.2, 0.25) is 5.91 Å². The van der Waals surface area contributed by atoms with E-state index in [1.165, 1.54) is 32.4 Å². The Morgan fingerprint density at radius 2 is 1.79 bits per heavy atom. The molecule has 0 spiro atoms. The minimum Gasteiger partial charge on any atom is -0.490 e. The molecule has 4 aliphatic rings. The molecule has 2 aromatic rings. The number of carbonyl (C=O) groups is 1. The van der Waals surface area contributed by atoms with Gasteiger partial charge in [-0.05, 0) is 100 Å². The number of halogens is 1. The molecule has 0 bridgehead atoms. The standard InChI is InChI=1S/C34H48FN5O3/c1-24(2)32-36-34(43-37-32)40-18-12-25(13-19-40)23-42-31-11-10-28(22-30(31)35)26-6-8-27(9-7-26)33(41)39-20-14-29(15-21-39)38-16-4-3-5-17-38/h6,10-11,22,24-25,27,29H,3-5,7-9,12-21,23H2,1-2H3. The predicted molar refractivity (Wildman–Crippen MR) is 166 cm³/mol. The highest BCUT2D eigenvalue weighted by Crippen LogP contribution is 2.34. The van der Waals surface area contributed by atoms with Gasteiger partial charge in [0.25, 0.3) is 0 Å². The Bertz CT molecular complexity index is 1260. The van der Waals surface area contributed by atoms with E-state index in [-0.39, 0.29) is 17.7 Å². The summed E-state index contributed by atoms with van der Waals surface area (Å²) in [5.41, 5.74) is 2.03. The topological polar surface area (TPSA) is 74.9 Å². The number of hydrogen-bond donors (Lipinski definition) is 0. The molecule has 234 valence electrons. The molecule has 1 unspecified atom stereocenters. The molecule has 3 saturated heterocycles. The zero-order valence-electron chi connectivity index (χ0n) is 26.0. The Morgan fingerprint density at radius 1 is 1.02 bits per heavy atom. The second kappa shape index (κ2) is 13.8. The number of aromatic nitrogens is 2. The van der Waals surface area contributed by atoms with Crippen molar-refractivity contribution in [3.63, 3.8) is 0 Å². The van der Waals surface area contributed by atoms with Crippen molar-refractivity contribution >= 4 is 17.5 Å². The summed E-state index contributed by atoms with van der Waals surface area (Å²) in [6, 6.07) is 6.56. The molecule has 8 nitrogen and oxygen atoms in total. The van der Waals surface area contributed by atoms with Gasteiger partial charge in [-0.3, -0.25) is 4.79 Å². The third-order valence-corrected chi connectivity index (χ3v) is 10.1. The number of nitrogens with zero attached hydrogens (tertiary/aromatic N) is 5. The van der Waals surface area contributed by atoms with Gasteiger partial charge in [0, 0.05) is 44.1 Å². The van der Waals surface area contributed by atoms with Gasteiger partial charge >= 0.3 is 6.01 Å². The van der Waals surface area contributed by atoms with Crippen molar-refractivity contribution in [1.29, 1.82) is 0 Å². The molecular formula is C34H48FN5O3. The van der Waals surface area contributed by atoms with Crippen LogP contribution in [0.1, 0.15) is 95.4 Å². The summed E-state index contributed by atoms with van der Waals surface area (Å²) < 4.78 is 26.4. The summed E-state index contributed by atoms with van der Waals surface area (Å²) in [5, 5.41) is 4.07. The van der Waals surface area contributed by atoms with Crippen LogP contribution < -0.4 is 9.64 Å². The second-order valence-corrected chi connectivity index (χ2v) is 13.3. The quantitative estimate of drug-likeness (QED) is 0.356. The van der Waals surface area contributed by atoms with Crippen molar-refractivity contribution in [1.82, 2.24) is 19.9 Å². The van der Waals surface area contributed by atoms with Gasteiger partial charge in [0.05, 0.1) is 6.61 Å². The van der Waals surface area contributed by atoms with Crippen LogP contribution in [0.4, 0.5) is 10.4 Å². The number of benzene rings is 1. The zero-order valence-corrected chi connectivity index (χ0v) is 26.0. The number of hydrogen-bond acceptors (Lipinski definition) is 7. The molecule has 4 heterocycles. The molecule has 1 aromatic carbocycles. The average molecular weight is 594 g/mol. The molecule has 3 aliphatic heterocycles. The molecule has 0 radical (unpaired) electrons. The van der Waals surface area contributed by atoms with Crippen LogP contribution in [0.5, 0.6) is 5.75 Å². The third-order valence-electron chi connectivity index (χ3n) is 10.1. The van der Waals surface area contributed by atoms with Crippen LogP contribution in [-0.4, -0.2) is 77.8 Å². The Hall–Kier alpha value is -2.94.